The molecule has 11 heteroatoms. The van der Waals surface area contributed by atoms with Gasteiger partial charge < -0.3 is 25.0 Å². The van der Waals surface area contributed by atoms with E-state index in [1.165, 1.54) is 19.1 Å². The van der Waals surface area contributed by atoms with Gasteiger partial charge in [-0.15, -0.1) is 0 Å². The van der Waals surface area contributed by atoms with Gasteiger partial charge in [-0.2, -0.15) is 5.26 Å². The standard InChI is InChI=1S/C36H41N5O6/c1-22-12-8-10-16-39(22)33(42)25-18-26(34(43)40-17-11-9-13-23(40)2)20-27(19-25)41-31(36(45)47-4)30(35(44)46-3)29(28(21-37)32(41)38)24-14-6-5-7-15-24/h5-7,14-15,18-20,22-23,29H,8-13,16-17,38H2,1-4H3. The number of hydrogen-bond donors (Lipinski definition) is 1. The molecule has 3 atom stereocenters. The van der Waals surface area contributed by atoms with Crippen LogP contribution in [0.4, 0.5) is 5.69 Å². The smallest absolute Gasteiger partial charge is 0.355 e. The fraction of sp³-hybridized carbons (Fsp3) is 0.417. The highest BCUT2D eigenvalue weighted by Gasteiger charge is 2.43. The number of allylic oxidation sites excluding steroid dienone is 1. The molecule has 5 rings (SSSR count). The second kappa shape index (κ2) is 14.1. The lowest BCUT2D eigenvalue weighted by molar-refractivity contribution is -0.139. The van der Waals surface area contributed by atoms with Crippen LogP contribution in [0.25, 0.3) is 0 Å². The van der Waals surface area contributed by atoms with Crippen molar-refractivity contribution in [1.29, 1.82) is 5.26 Å². The van der Waals surface area contributed by atoms with Crippen molar-refractivity contribution in [2.45, 2.75) is 70.4 Å². The first-order chi connectivity index (χ1) is 22.6. The number of methoxy groups -OCH3 is 2. The van der Waals surface area contributed by atoms with Crippen LogP contribution in [0.3, 0.4) is 0 Å². The number of esters is 2. The van der Waals surface area contributed by atoms with Gasteiger partial charge in [0.2, 0.25) is 0 Å². The highest BCUT2D eigenvalue weighted by molar-refractivity contribution is 6.07. The van der Waals surface area contributed by atoms with E-state index in [4.69, 9.17) is 15.2 Å². The number of nitrogens with zero attached hydrogens (tertiary/aromatic N) is 4. The maximum absolute atomic E-state index is 14.1. The molecule has 2 aromatic carbocycles. The van der Waals surface area contributed by atoms with E-state index in [2.05, 4.69) is 6.07 Å². The van der Waals surface area contributed by atoms with Gasteiger partial charge in [0.15, 0.2) is 0 Å². The number of amides is 2. The van der Waals surface area contributed by atoms with Crippen LogP contribution in [0, 0.1) is 11.3 Å². The Morgan fingerprint density at radius 2 is 1.34 bits per heavy atom. The lowest BCUT2D eigenvalue weighted by Gasteiger charge is -2.37. The Morgan fingerprint density at radius 3 is 1.81 bits per heavy atom. The zero-order chi connectivity index (χ0) is 33.8. The van der Waals surface area contributed by atoms with Gasteiger partial charge in [0.1, 0.15) is 11.5 Å². The van der Waals surface area contributed by atoms with Gasteiger partial charge in [-0.05, 0) is 76.1 Å². The number of likely N-dealkylation sites (tertiary alicyclic amines) is 2. The molecular formula is C36H41N5O6. The summed E-state index contributed by atoms with van der Waals surface area (Å²) in [6.45, 7) is 5.13. The van der Waals surface area contributed by atoms with Crippen molar-refractivity contribution in [1.82, 2.24) is 9.80 Å². The van der Waals surface area contributed by atoms with Crippen molar-refractivity contribution in [3.63, 3.8) is 0 Å². The summed E-state index contributed by atoms with van der Waals surface area (Å²) >= 11 is 0. The fourth-order valence-electron chi connectivity index (χ4n) is 6.90. The molecule has 11 nitrogen and oxygen atoms in total. The topological polar surface area (TPSA) is 146 Å². The predicted molar refractivity (Wildman–Crippen MR) is 175 cm³/mol. The van der Waals surface area contributed by atoms with Crippen LogP contribution < -0.4 is 10.6 Å². The maximum atomic E-state index is 14.1. The lowest BCUT2D eigenvalue weighted by atomic mass is 9.81. The summed E-state index contributed by atoms with van der Waals surface area (Å²) in [6.07, 6.45) is 5.46. The molecule has 3 unspecified atom stereocenters. The van der Waals surface area contributed by atoms with E-state index in [0.717, 1.165) is 38.5 Å². The van der Waals surface area contributed by atoms with Crippen LogP contribution in [-0.2, 0) is 19.1 Å². The number of hydrogen-bond acceptors (Lipinski definition) is 9. The van der Waals surface area contributed by atoms with E-state index < -0.39 is 17.9 Å². The van der Waals surface area contributed by atoms with E-state index >= 15 is 0 Å². The molecule has 0 saturated carbocycles. The zero-order valence-corrected chi connectivity index (χ0v) is 27.3. The van der Waals surface area contributed by atoms with Crippen molar-refractivity contribution in [3.05, 3.63) is 87.9 Å². The van der Waals surface area contributed by atoms with E-state index in [1.54, 1.807) is 58.3 Å². The van der Waals surface area contributed by atoms with Crippen LogP contribution in [-0.4, -0.2) is 72.9 Å². The summed E-state index contributed by atoms with van der Waals surface area (Å²) in [6, 6.07) is 15.5. The molecule has 2 aromatic rings. The molecule has 0 radical (unpaired) electrons. The van der Waals surface area contributed by atoms with Crippen molar-refractivity contribution >= 4 is 29.4 Å². The van der Waals surface area contributed by atoms with E-state index in [9.17, 15) is 24.4 Å². The summed E-state index contributed by atoms with van der Waals surface area (Å²) in [5.74, 6) is -3.50. The first-order valence-corrected chi connectivity index (χ1v) is 16.1. The van der Waals surface area contributed by atoms with Gasteiger partial charge in [-0.25, -0.2) is 9.59 Å². The number of piperidine rings is 2. The van der Waals surface area contributed by atoms with Crippen molar-refractivity contribution < 1.29 is 28.7 Å². The normalized spacial score (nSPS) is 21.7. The van der Waals surface area contributed by atoms with Crippen LogP contribution in [0.1, 0.15) is 84.6 Å². The van der Waals surface area contributed by atoms with E-state index in [1.807, 2.05) is 13.8 Å². The Labute approximate surface area is 275 Å². The molecule has 0 aliphatic carbocycles. The molecule has 2 saturated heterocycles. The first-order valence-electron chi connectivity index (χ1n) is 16.1. The lowest BCUT2D eigenvalue weighted by Crippen LogP contribution is -2.44. The van der Waals surface area contributed by atoms with E-state index in [0.29, 0.717) is 18.7 Å². The monoisotopic (exact) mass is 639 g/mol. The van der Waals surface area contributed by atoms with Gasteiger partial charge in [0, 0.05) is 42.0 Å². The molecule has 2 amide bonds. The molecule has 3 aliphatic heterocycles. The Bertz CT molecular complexity index is 1620. The van der Waals surface area contributed by atoms with Gasteiger partial charge in [-0.1, -0.05) is 30.3 Å². The quantitative estimate of drug-likeness (QED) is 0.448. The van der Waals surface area contributed by atoms with Gasteiger partial charge in [0.05, 0.1) is 37.4 Å². The molecule has 2 N–H and O–H groups in total. The summed E-state index contributed by atoms with van der Waals surface area (Å²) in [5, 5.41) is 10.5. The molecule has 0 spiro atoms. The molecule has 3 heterocycles. The van der Waals surface area contributed by atoms with Crippen LogP contribution in [0.2, 0.25) is 0 Å². The third-order valence-corrected chi connectivity index (χ3v) is 9.41. The minimum Gasteiger partial charge on any atom is -0.466 e. The molecular weight excluding hydrogens is 598 g/mol. The third-order valence-electron chi connectivity index (χ3n) is 9.41. The van der Waals surface area contributed by atoms with Crippen LogP contribution >= 0.6 is 0 Å². The number of ether oxygens (including phenoxy) is 2. The summed E-state index contributed by atoms with van der Waals surface area (Å²) < 4.78 is 10.3. The number of benzene rings is 2. The largest absolute Gasteiger partial charge is 0.466 e. The molecule has 2 fully saturated rings. The van der Waals surface area contributed by atoms with E-state index in [-0.39, 0.29) is 63.4 Å². The second-order valence-electron chi connectivity index (χ2n) is 12.3. The average Bonchev–Trinajstić information content (AvgIpc) is 3.10. The Balaban J connectivity index is 1.77. The highest BCUT2D eigenvalue weighted by atomic mass is 16.5. The number of rotatable bonds is 6. The summed E-state index contributed by atoms with van der Waals surface area (Å²) in [4.78, 5) is 60.2. The average molecular weight is 640 g/mol. The fourth-order valence-corrected chi connectivity index (χ4v) is 6.90. The van der Waals surface area contributed by atoms with Crippen LogP contribution in [0.15, 0.2) is 71.2 Å². The molecule has 47 heavy (non-hydrogen) atoms. The number of carbonyl (C=O) groups is 4. The highest BCUT2D eigenvalue weighted by Crippen LogP contribution is 2.43. The number of nitrogens with two attached hydrogens (primary N) is 1. The van der Waals surface area contributed by atoms with Crippen molar-refractivity contribution in [2.24, 2.45) is 5.73 Å². The third kappa shape index (κ3) is 6.32. The number of nitriles is 1. The minimum atomic E-state index is -1.05. The first kappa shape index (κ1) is 33.3. The van der Waals surface area contributed by atoms with Crippen molar-refractivity contribution in [3.8, 4) is 6.07 Å². The molecule has 3 aliphatic rings. The minimum absolute atomic E-state index is 0.00518. The SMILES string of the molecule is COC(=O)C1=C(C(=O)OC)N(c2cc(C(=O)N3CCCCC3C)cc(C(=O)N3CCCCC3C)c2)C(N)=C(C#N)C1c1ccccc1. The second-order valence-corrected chi connectivity index (χ2v) is 12.3. The number of anilines is 1. The Hall–Kier alpha value is -5.11. The van der Waals surface area contributed by atoms with Crippen molar-refractivity contribution in [2.75, 3.05) is 32.2 Å². The Kier molecular flexibility index (Phi) is 9.99. The molecule has 0 bridgehead atoms. The summed E-state index contributed by atoms with van der Waals surface area (Å²) in [7, 11) is 2.35. The van der Waals surface area contributed by atoms with Crippen LogP contribution in [0.5, 0.6) is 0 Å². The van der Waals surface area contributed by atoms with Gasteiger partial charge in [0.25, 0.3) is 11.8 Å². The molecule has 246 valence electrons. The van der Waals surface area contributed by atoms with Gasteiger partial charge >= 0.3 is 11.9 Å². The predicted octanol–water partition coefficient (Wildman–Crippen LogP) is 4.61. The maximum Gasteiger partial charge on any atom is 0.355 e. The van der Waals surface area contributed by atoms with Gasteiger partial charge in [-0.3, -0.25) is 14.5 Å². The molecule has 0 aromatic heterocycles. The summed E-state index contributed by atoms with van der Waals surface area (Å²) in [5.41, 5.74) is 7.47. The Morgan fingerprint density at radius 1 is 0.809 bits per heavy atom. The zero-order valence-electron chi connectivity index (χ0n) is 27.3. The number of carbonyl (C=O) groups excluding carboxylic acids is 4.